The number of ether oxygens (including phenoxy) is 1. The highest BCUT2D eigenvalue weighted by molar-refractivity contribution is 6.30. The second-order valence-electron chi connectivity index (χ2n) is 11.8. The van der Waals surface area contributed by atoms with Gasteiger partial charge in [0.25, 0.3) is 5.91 Å². The molecule has 1 atom stereocenters. The molecule has 4 rings (SSSR count). The van der Waals surface area contributed by atoms with E-state index in [2.05, 4.69) is 26.1 Å². The maximum Gasteiger partial charge on any atom is 0.261 e. The zero-order valence-corrected chi connectivity index (χ0v) is 24.6. The van der Waals surface area contributed by atoms with Crippen LogP contribution in [-0.2, 0) is 28.0 Å². The number of halogens is 1. The van der Waals surface area contributed by atoms with E-state index in [1.54, 1.807) is 11.0 Å². The van der Waals surface area contributed by atoms with E-state index in [0.717, 1.165) is 36.8 Å². The molecule has 3 aromatic carbocycles. The van der Waals surface area contributed by atoms with E-state index in [0.29, 0.717) is 17.2 Å². The van der Waals surface area contributed by atoms with Gasteiger partial charge in [0.2, 0.25) is 5.91 Å². The van der Waals surface area contributed by atoms with Crippen molar-refractivity contribution in [2.24, 2.45) is 0 Å². The summed E-state index contributed by atoms with van der Waals surface area (Å²) in [6.07, 6.45) is 5.78. The number of rotatable bonds is 10. The normalized spacial score (nSPS) is 14.8. The maximum atomic E-state index is 13.9. The molecule has 2 amide bonds. The van der Waals surface area contributed by atoms with Gasteiger partial charge in [-0.2, -0.15) is 0 Å². The van der Waals surface area contributed by atoms with Gasteiger partial charge in [0.05, 0.1) is 0 Å². The number of nitrogens with one attached hydrogen (secondary N) is 1. The molecule has 5 nitrogen and oxygen atoms in total. The molecule has 1 fully saturated rings. The number of carbonyl (C=O) groups is 2. The Morgan fingerprint density at radius 2 is 1.60 bits per heavy atom. The van der Waals surface area contributed by atoms with Gasteiger partial charge in [-0.15, -0.1) is 0 Å². The predicted molar refractivity (Wildman–Crippen MR) is 162 cm³/mol. The Balaban J connectivity index is 1.59. The first-order valence-electron chi connectivity index (χ1n) is 14.3. The highest BCUT2D eigenvalue weighted by Crippen LogP contribution is 2.25. The summed E-state index contributed by atoms with van der Waals surface area (Å²) in [7, 11) is 0. The number of carbonyl (C=O) groups excluding carboxylic acids is 2. The van der Waals surface area contributed by atoms with Gasteiger partial charge in [-0.25, -0.2) is 0 Å². The molecule has 0 bridgehead atoms. The number of benzene rings is 3. The van der Waals surface area contributed by atoms with Crippen LogP contribution in [0.5, 0.6) is 5.75 Å². The molecule has 6 heteroatoms. The lowest BCUT2D eigenvalue weighted by molar-refractivity contribution is -0.143. The molecule has 1 saturated carbocycles. The Morgan fingerprint density at radius 3 is 2.25 bits per heavy atom. The van der Waals surface area contributed by atoms with Crippen LogP contribution < -0.4 is 10.1 Å². The van der Waals surface area contributed by atoms with Crippen molar-refractivity contribution in [3.63, 3.8) is 0 Å². The lowest BCUT2D eigenvalue weighted by Gasteiger charge is -2.33. The van der Waals surface area contributed by atoms with Gasteiger partial charge in [-0.05, 0) is 59.2 Å². The Morgan fingerprint density at radius 1 is 0.925 bits per heavy atom. The third-order valence-corrected chi connectivity index (χ3v) is 7.78. The molecule has 1 aliphatic rings. The van der Waals surface area contributed by atoms with Crippen molar-refractivity contribution >= 4 is 23.4 Å². The van der Waals surface area contributed by atoms with Crippen molar-refractivity contribution in [2.45, 2.75) is 83.3 Å². The van der Waals surface area contributed by atoms with Crippen molar-refractivity contribution in [2.75, 3.05) is 6.61 Å². The van der Waals surface area contributed by atoms with Crippen LogP contribution in [0.4, 0.5) is 0 Å². The summed E-state index contributed by atoms with van der Waals surface area (Å²) in [5.41, 5.74) is 3.07. The second kappa shape index (κ2) is 13.8. The third kappa shape index (κ3) is 8.59. The summed E-state index contributed by atoms with van der Waals surface area (Å²) >= 11 is 6.29. The van der Waals surface area contributed by atoms with E-state index in [1.807, 2.05) is 72.8 Å². The number of amides is 2. The SMILES string of the molecule is CC(C)(C)c1ccc(OCC(=O)N(Cc2cccc(Cl)c2)[C@@H](Cc2ccccc2)C(=O)NC2CCCCC2)cc1. The smallest absolute Gasteiger partial charge is 0.261 e. The molecule has 0 heterocycles. The molecule has 0 saturated heterocycles. The van der Waals surface area contributed by atoms with Gasteiger partial charge in [0, 0.05) is 24.0 Å². The Bertz CT molecular complexity index is 1250. The minimum Gasteiger partial charge on any atom is -0.484 e. The fourth-order valence-electron chi connectivity index (χ4n) is 5.21. The van der Waals surface area contributed by atoms with E-state index >= 15 is 0 Å². The van der Waals surface area contributed by atoms with Crippen LogP contribution in [0.1, 0.15) is 69.6 Å². The summed E-state index contributed by atoms with van der Waals surface area (Å²) in [5.74, 6) is 0.246. The molecular weight excluding hydrogens is 520 g/mol. The van der Waals surface area contributed by atoms with Gasteiger partial charge in [-0.1, -0.05) is 106 Å². The first kappa shape index (κ1) is 29.7. The minimum atomic E-state index is -0.692. The Hall–Kier alpha value is -3.31. The van der Waals surface area contributed by atoms with Gasteiger partial charge < -0.3 is 15.0 Å². The fourth-order valence-corrected chi connectivity index (χ4v) is 5.42. The monoisotopic (exact) mass is 560 g/mol. The Kier molecular flexibility index (Phi) is 10.3. The number of hydrogen-bond acceptors (Lipinski definition) is 3. The number of nitrogens with zero attached hydrogens (tertiary/aromatic N) is 1. The zero-order valence-electron chi connectivity index (χ0n) is 23.9. The van der Waals surface area contributed by atoms with Gasteiger partial charge in [-0.3, -0.25) is 9.59 Å². The van der Waals surface area contributed by atoms with Crippen LogP contribution in [0.3, 0.4) is 0 Å². The van der Waals surface area contributed by atoms with Crippen LogP contribution in [0, 0.1) is 0 Å². The summed E-state index contributed by atoms with van der Waals surface area (Å²) in [5, 5.41) is 3.86. The second-order valence-corrected chi connectivity index (χ2v) is 12.2. The average molecular weight is 561 g/mol. The predicted octanol–water partition coefficient (Wildman–Crippen LogP) is 7.11. The minimum absolute atomic E-state index is 0.0263. The first-order valence-corrected chi connectivity index (χ1v) is 14.7. The summed E-state index contributed by atoms with van der Waals surface area (Å²) < 4.78 is 5.96. The third-order valence-electron chi connectivity index (χ3n) is 7.55. The molecule has 0 unspecified atom stereocenters. The standard InChI is InChI=1S/C34H41ClN2O3/c1-34(2,3)27-17-19-30(20-18-27)40-24-32(38)37(23-26-13-10-14-28(35)21-26)31(22-25-11-6-4-7-12-25)33(39)36-29-15-8-5-9-16-29/h4,6-7,10-14,17-21,29,31H,5,8-9,15-16,22-24H2,1-3H3,(H,36,39)/t31-/m0/s1. The van der Waals surface area contributed by atoms with Gasteiger partial charge in [0.15, 0.2) is 6.61 Å². The molecule has 0 radical (unpaired) electrons. The maximum absolute atomic E-state index is 13.9. The molecule has 3 aromatic rings. The molecule has 212 valence electrons. The van der Waals surface area contributed by atoms with Crippen molar-refractivity contribution in [3.8, 4) is 5.75 Å². The van der Waals surface area contributed by atoms with Crippen LogP contribution in [-0.4, -0.2) is 35.4 Å². The highest BCUT2D eigenvalue weighted by Gasteiger charge is 2.32. The fraction of sp³-hybridized carbons (Fsp3) is 0.412. The van der Waals surface area contributed by atoms with Gasteiger partial charge >= 0.3 is 0 Å². The average Bonchev–Trinajstić information content (AvgIpc) is 2.94. The quantitative estimate of drug-likeness (QED) is 0.287. The summed E-state index contributed by atoms with van der Waals surface area (Å²) in [6.45, 7) is 6.56. The molecular formula is C34H41ClN2O3. The van der Waals surface area contributed by atoms with E-state index in [1.165, 1.54) is 12.0 Å². The van der Waals surface area contributed by atoms with E-state index in [9.17, 15) is 9.59 Å². The summed E-state index contributed by atoms with van der Waals surface area (Å²) in [4.78, 5) is 29.4. The molecule has 0 aliphatic heterocycles. The molecule has 1 aliphatic carbocycles. The van der Waals surface area contributed by atoms with Crippen molar-refractivity contribution < 1.29 is 14.3 Å². The topological polar surface area (TPSA) is 58.6 Å². The first-order chi connectivity index (χ1) is 19.2. The molecule has 40 heavy (non-hydrogen) atoms. The van der Waals surface area contributed by atoms with Crippen molar-refractivity contribution in [1.82, 2.24) is 10.2 Å². The van der Waals surface area contributed by atoms with Crippen LogP contribution in [0.15, 0.2) is 78.9 Å². The van der Waals surface area contributed by atoms with E-state index < -0.39 is 6.04 Å². The zero-order chi connectivity index (χ0) is 28.5. The van der Waals surface area contributed by atoms with E-state index in [4.69, 9.17) is 16.3 Å². The number of hydrogen-bond donors (Lipinski definition) is 1. The van der Waals surface area contributed by atoms with Crippen LogP contribution >= 0.6 is 11.6 Å². The molecule has 1 N–H and O–H groups in total. The van der Waals surface area contributed by atoms with Crippen molar-refractivity contribution in [1.29, 1.82) is 0 Å². The lowest BCUT2D eigenvalue weighted by Crippen LogP contribution is -2.53. The van der Waals surface area contributed by atoms with Crippen LogP contribution in [0.25, 0.3) is 0 Å². The van der Waals surface area contributed by atoms with Crippen LogP contribution in [0.2, 0.25) is 5.02 Å². The lowest BCUT2D eigenvalue weighted by atomic mass is 9.87. The van der Waals surface area contributed by atoms with E-state index in [-0.39, 0.29) is 36.4 Å². The highest BCUT2D eigenvalue weighted by atomic mass is 35.5. The molecule has 0 aromatic heterocycles. The largest absolute Gasteiger partial charge is 0.484 e. The summed E-state index contributed by atoms with van der Waals surface area (Å²) in [6, 6.07) is 24.6. The Labute approximate surface area is 243 Å². The van der Waals surface area contributed by atoms with Crippen molar-refractivity contribution in [3.05, 3.63) is 101 Å². The van der Waals surface area contributed by atoms with Gasteiger partial charge in [0.1, 0.15) is 11.8 Å². The molecule has 0 spiro atoms.